The summed E-state index contributed by atoms with van der Waals surface area (Å²) in [5, 5.41) is 2.83. The summed E-state index contributed by atoms with van der Waals surface area (Å²) in [5.74, 6) is 0. The van der Waals surface area contributed by atoms with Crippen molar-refractivity contribution in [1.29, 1.82) is 0 Å². The molecule has 6 nitrogen and oxygen atoms in total. The zero-order chi connectivity index (χ0) is 14.1. The van der Waals surface area contributed by atoms with Gasteiger partial charge in [-0.15, -0.1) is 0 Å². The van der Waals surface area contributed by atoms with Gasteiger partial charge in [0, 0.05) is 45.3 Å². The number of nitrogens with one attached hydrogen (secondary N) is 1. The molecule has 1 aliphatic rings. The van der Waals surface area contributed by atoms with Gasteiger partial charge in [0.1, 0.15) is 0 Å². The highest BCUT2D eigenvalue weighted by atomic mass is 16.7. The second-order valence-electron chi connectivity index (χ2n) is 4.55. The molecule has 0 spiro atoms. The summed E-state index contributed by atoms with van der Waals surface area (Å²) in [6, 6.07) is 0.185. The molecule has 19 heavy (non-hydrogen) atoms. The summed E-state index contributed by atoms with van der Waals surface area (Å²) < 4.78 is 15.6. The van der Waals surface area contributed by atoms with Crippen molar-refractivity contribution in [2.75, 3.05) is 40.0 Å². The van der Waals surface area contributed by atoms with Crippen molar-refractivity contribution in [2.45, 2.75) is 39.0 Å². The van der Waals surface area contributed by atoms with Crippen LogP contribution in [0.3, 0.4) is 0 Å². The molecule has 0 radical (unpaired) electrons. The molecule has 1 fully saturated rings. The van der Waals surface area contributed by atoms with Gasteiger partial charge < -0.3 is 24.4 Å². The van der Waals surface area contributed by atoms with Crippen LogP contribution in [-0.2, 0) is 14.2 Å². The minimum absolute atomic E-state index is 0.123. The topological polar surface area (TPSA) is 60.0 Å². The van der Waals surface area contributed by atoms with Crippen LogP contribution in [0.15, 0.2) is 0 Å². The van der Waals surface area contributed by atoms with Gasteiger partial charge in [-0.05, 0) is 20.3 Å². The molecule has 1 heterocycles. The Morgan fingerprint density at radius 2 is 2.05 bits per heavy atom. The van der Waals surface area contributed by atoms with Crippen LogP contribution in [0.25, 0.3) is 0 Å². The summed E-state index contributed by atoms with van der Waals surface area (Å²) in [6.07, 6.45) is 1.34. The number of alkyl carbamates (subject to hydrolysis) is 1. The minimum Gasteiger partial charge on any atom is -0.453 e. The molecule has 1 N–H and O–H groups in total. The van der Waals surface area contributed by atoms with Crippen LogP contribution in [-0.4, -0.2) is 63.3 Å². The first-order chi connectivity index (χ1) is 9.19. The van der Waals surface area contributed by atoms with Crippen molar-refractivity contribution in [3.8, 4) is 0 Å². The Balaban J connectivity index is 2.21. The molecule has 1 atom stereocenters. The van der Waals surface area contributed by atoms with E-state index in [2.05, 4.69) is 15.0 Å². The average Bonchev–Trinajstić information content (AvgIpc) is 2.84. The first-order valence-electron chi connectivity index (χ1n) is 6.99. The number of likely N-dealkylation sites (tertiary alicyclic amines) is 1. The normalized spacial score (nSPS) is 19.9. The van der Waals surface area contributed by atoms with Crippen molar-refractivity contribution in [2.24, 2.45) is 0 Å². The van der Waals surface area contributed by atoms with E-state index in [1.807, 2.05) is 13.8 Å². The van der Waals surface area contributed by atoms with Crippen molar-refractivity contribution < 1.29 is 19.0 Å². The van der Waals surface area contributed by atoms with Gasteiger partial charge in [0.05, 0.1) is 7.11 Å². The second kappa shape index (κ2) is 9.12. The Morgan fingerprint density at radius 1 is 1.37 bits per heavy atom. The highest BCUT2D eigenvalue weighted by Crippen LogP contribution is 2.11. The fourth-order valence-corrected chi connectivity index (χ4v) is 2.25. The van der Waals surface area contributed by atoms with Crippen LogP contribution in [0.2, 0.25) is 0 Å². The Labute approximate surface area is 115 Å². The standard InChI is InChI=1S/C13H26N2O4/c1-4-18-12(19-5-2)7-9-15-8-6-11(10-15)14-13(16)17-3/h11-12H,4-10H2,1-3H3,(H,14,16). The summed E-state index contributed by atoms with van der Waals surface area (Å²) in [7, 11) is 1.39. The molecule has 1 saturated heterocycles. The summed E-state index contributed by atoms with van der Waals surface area (Å²) >= 11 is 0. The lowest BCUT2D eigenvalue weighted by Gasteiger charge is -2.21. The molecule has 0 aliphatic carbocycles. The van der Waals surface area contributed by atoms with Crippen LogP contribution in [0.4, 0.5) is 4.79 Å². The molecule has 0 saturated carbocycles. The largest absolute Gasteiger partial charge is 0.453 e. The van der Waals surface area contributed by atoms with Gasteiger partial charge in [-0.3, -0.25) is 0 Å². The molecule has 1 aliphatic heterocycles. The smallest absolute Gasteiger partial charge is 0.407 e. The highest BCUT2D eigenvalue weighted by molar-refractivity contribution is 5.67. The first kappa shape index (κ1) is 16.2. The summed E-state index contributed by atoms with van der Waals surface area (Å²) in [5.41, 5.74) is 0. The molecule has 6 heteroatoms. The second-order valence-corrected chi connectivity index (χ2v) is 4.55. The van der Waals surface area contributed by atoms with E-state index in [-0.39, 0.29) is 18.4 Å². The Morgan fingerprint density at radius 3 is 2.63 bits per heavy atom. The zero-order valence-electron chi connectivity index (χ0n) is 12.2. The lowest BCUT2D eigenvalue weighted by Crippen LogP contribution is -2.37. The van der Waals surface area contributed by atoms with Crippen molar-refractivity contribution in [1.82, 2.24) is 10.2 Å². The molecule has 112 valence electrons. The number of hydrogen-bond acceptors (Lipinski definition) is 5. The summed E-state index contributed by atoms with van der Waals surface area (Å²) in [4.78, 5) is 13.4. The third-order valence-electron chi connectivity index (χ3n) is 3.17. The molecular formula is C13H26N2O4. The Hall–Kier alpha value is -0.850. The molecular weight excluding hydrogens is 248 g/mol. The maximum atomic E-state index is 11.1. The van der Waals surface area contributed by atoms with E-state index in [0.29, 0.717) is 13.2 Å². The third kappa shape index (κ3) is 6.22. The van der Waals surface area contributed by atoms with Gasteiger partial charge in [-0.25, -0.2) is 4.79 Å². The maximum absolute atomic E-state index is 11.1. The molecule has 0 bridgehead atoms. The number of nitrogens with zero attached hydrogens (tertiary/aromatic N) is 1. The fourth-order valence-electron chi connectivity index (χ4n) is 2.25. The van der Waals surface area contributed by atoms with E-state index in [4.69, 9.17) is 9.47 Å². The number of ether oxygens (including phenoxy) is 3. The molecule has 1 amide bonds. The number of hydrogen-bond donors (Lipinski definition) is 1. The van der Waals surface area contributed by atoms with Crippen molar-refractivity contribution in [3.63, 3.8) is 0 Å². The van der Waals surface area contributed by atoms with Gasteiger partial charge in [0.15, 0.2) is 6.29 Å². The molecule has 0 aromatic rings. The van der Waals surface area contributed by atoms with Crippen LogP contribution in [0, 0.1) is 0 Å². The van der Waals surface area contributed by atoms with E-state index in [0.717, 1.165) is 32.5 Å². The molecule has 1 rings (SSSR count). The van der Waals surface area contributed by atoms with Crippen LogP contribution < -0.4 is 5.32 Å². The molecule has 1 unspecified atom stereocenters. The van der Waals surface area contributed by atoms with Gasteiger partial charge in [0.25, 0.3) is 0 Å². The molecule has 0 aromatic heterocycles. The van der Waals surface area contributed by atoms with Crippen LogP contribution in [0.5, 0.6) is 0 Å². The van der Waals surface area contributed by atoms with E-state index in [9.17, 15) is 4.79 Å². The lowest BCUT2D eigenvalue weighted by atomic mass is 10.3. The number of carbonyl (C=O) groups is 1. The fraction of sp³-hybridized carbons (Fsp3) is 0.923. The first-order valence-corrected chi connectivity index (χ1v) is 6.99. The number of rotatable bonds is 8. The highest BCUT2D eigenvalue weighted by Gasteiger charge is 2.24. The Kier molecular flexibility index (Phi) is 7.78. The van der Waals surface area contributed by atoms with Gasteiger partial charge in [-0.1, -0.05) is 0 Å². The third-order valence-corrected chi connectivity index (χ3v) is 3.17. The predicted octanol–water partition coefficient (Wildman–Crippen LogP) is 1.21. The van der Waals surface area contributed by atoms with E-state index >= 15 is 0 Å². The number of amides is 1. The van der Waals surface area contributed by atoms with Gasteiger partial charge in [-0.2, -0.15) is 0 Å². The Bertz CT molecular complexity index is 257. The SMILES string of the molecule is CCOC(CCN1CCC(NC(=O)OC)C1)OCC. The average molecular weight is 274 g/mol. The molecule has 0 aromatic carbocycles. The van der Waals surface area contributed by atoms with E-state index in [1.165, 1.54) is 7.11 Å². The minimum atomic E-state index is -0.353. The van der Waals surface area contributed by atoms with E-state index < -0.39 is 0 Å². The predicted molar refractivity (Wildman–Crippen MR) is 72.0 cm³/mol. The van der Waals surface area contributed by atoms with Crippen LogP contribution in [0.1, 0.15) is 26.7 Å². The maximum Gasteiger partial charge on any atom is 0.407 e. The number of carbonyl (C=O) groups excluding carboxylic acids is 1. The lowest BCUT2D eigenvalue weighted by molar-refractivity contribution is -0.141. The van der Waals surface area contributed by atoms with Crippen molar-refractivity contribution in [3.05, 3.63) is 0 Å². The monoisotopic (exact) mass is 274 g/mol. The van der Waals surface area contributed by atoms with Gasteiger partial charge in [0.2, 0.25) is 0 Å². The van der Waals surface area contributed by atoms with Crippen LogP contribution >= 0.6 is 0 Å². The quantitative estimate of drug-likeness (QED) is 0.674. The van der Waals surface area contributed by atoms with Gasteiger partial charge >= 0.3 is 6.09 Å². The van der Waals surface area contributed by atoms with E-state index in [1.54, 1.807) is 0 Å². The van der Waals surface area contributed by atoms with Crippen molar-refractivity contribution >= 4 is 6.09 Å². The summed E-state index contributed by atoms with van der Waals surface area (Å²) in [6.45, 7) is 8.04. The number of methoxy groups -OCH3 is 1. The zero-order valence-corrected chi connectivity index (χ0v) is 12.2.